The fourth-order valence-electron chi connectivity index (χ4n) is 1.80. The van der Waals surface area contributed by atoms with E-state index >= 15 is 0 Å². The number of amides is 1. The number of benzene rings is 1. The van der Waals surface area contributed by atoms with Crippen LogP contribution in [0.3, 0.4) is 0 Å². The summed E-state index contributed by atoms with van der Waals surface area (Å²) in [5.74, 6) is 0.426. The van der Waals surface area contributed by atoms with Gasteiger partial charge >= 0.3 is 0 Å². The van der Waals surface area contributed by atoms with E-state index in [2.05, 4.69) is 15.6 Å². The summed E-state index contributed by atoms with van der Waals surface area (Å²) >= 11 is 0. The Kier molecular flexibility index (Phi) is 11.4. The first-order chi connectivity index (χ1) is 10.5. The normalized spacial score (nSPS) is 11.0. The summed E-state index contributed by atoms with van der Waals surface area (Å²) in [4.78, 5) is 15.6. The Morgan fingerprint density at radius 2 is 2.04 bits per heavy atom. The number of carbonyl (C=O) groups excluding carboxylic acids is 1. The van der Waals surface area contributed by atoms with Crippen molar-refractivity contribution >= 4 is 41.5 Å². The van der Waals surface area contributed by atoms with Gasteiger partial charge in [0, 0.05) is 37.4 Å². The smallest absolute Gasteiger partial charge is 0.222 e. The minimum Gasteiger partial charge on any atom is -0.380 e. The van der Waals surface area contributed by atoms with E-state index in [0.29, 0.717) is 25.7 Å². The van der Waals surface area contributed by atoms with Crippen molar-refractivity contribution in [2.45, 2.75) is 26.9 Å². The Balaban J connectivity index is 0.00000484. The quantitative estimate of drug-likeness (QED) is 0.254. The number of carbonyl (C=O) groups is 1. The zero-order valence-electron chi connectivity index (χ0n) is 14.0. The van der Waals surface area contributed by atoms with Crippen LogP contribution in [0.5, 0.6) is 0 Å². The van der Waals surface area contributed by atoms with Crippen molar-refractivity contribution in [2.24, 2.45) is 16.6 Å². The molecule has 0 saturated carbocycles. The van der Waals surface area contributed by atoms with Crippen molar-refractivity contribution in [1.82, 2.24) is 5.32 Å². The van der Waals surface area contributed by atoms with E-state index in [1.165, 1.54) is 0 Å². The second-order valence-corrected chi connectivity index (χ2v) is 5.28. The first-order valence-corrected chi connectivity index (χ1v) is 7.46. The second-order valence-electron chi connectivity index (χ2n) is 5.28. The average Bonchev–Trinajstić information content (AvgIpc) is 2.48. The minimum atomic E-state index is 0. The number of nitrogens with zero attached hydrogens (tertiary/aromatic N) is 1. The van der Waals surface area contributed by atoms with Crippen LogP contribution in [0.4, 0.5) is 5.69 Å². The summed E-state index contributed by atoms with van der Waals surface area (Å²) in [6.45, 7) is 5.41. The fraction of sp³-hybridized carbons (Fsp3) is 0.500. The van der Waals surface area contributed by atoms with Gasteiger partial charge < -0.3 is 21.1 Å². The van der Waals surface area contributed by atoms with Gasteiger partial charge in [0.2, 0.25) is 5.91 Å². The lowest BCUT2D eigenvalue weighted by Gasteiger charge is -2.11. The number of para-hydroxylation sites is 1. The molecular weight excluding hydrogens is 407 g/mol. The number of aliphatic imine (C=N–C) groups is 1. The zero-order chi connectivity index (χ0) is 16.4. The number of anilines is 1. The number of hydrogen-bond donors (Lipinski definition) is 3. The number of guanidine groups is 1. The highest BCUT2D eigenvalue weighted by Gasteiger charge is 2.05. The summed E-state index contributed by atoms with van der Waals surface area (Å²) in [6.07, 6.45) is 0.751. The molecule has 130 valence electrons. The third-order valence-corrected chi connectivity index (χ3v) is 3.02. The lowest BCUT2D eigenvalue weighted by atomic mass is 10.2. The van der Waals surface area contributed by atoms with Crippen LogP contribution in [0.25, 0.3) is 0 Å². The van der Waals surface area contributed by atoms with E-state index in [-0.39, 0.29) is 35.8 Å². The summed E-state index contributed by atoms with van der Waals surface area (Å²) in [5, 5.41) is 5.92. The van der Waals surface area contributed by atoms with Crippen molar-refractivity contribution in [3.8, 4) is 0 Å². The molecule has 0 heterocycles. The third-order valence-electron chi connectivity index (χ3n) is 3.02. The molecule has 0 spiro atoms. The minimum absolute atomic E-state index is 0. The molecule has 1 rings (SSSR count). The van der Waals surface area contributed by atoms with Crippen LogP contribution >= 0.6 is 24.0 Å². The van der Waals surface area contributed by atoms with Crippen LogP contribution in [0, 0.1) is 5.92 Å². The Morgan fingerprint density at radius 3 is 2.70 bits per heavy atom. The van der Waals surface area contributed by atoms with Gasteiger partial charge in [-0.2, -0.15) is 0 Å². The second kappa shape index (κ2) is 12.1. The lowest BCUT2D eigenvalue weighted by molar-refractivity contribution is -0.123. The zero-order valence-corrected chi connectivity index (χ0v) is 16.3. The molecule has 6 nitrogen and oxygen atoms in total. The average molecular weight is 434 g/mol. The van der Waals surface area contributed by atoms with Gasteiger partial charge in [-0.1, -0.05) is 32.0 Å². The topological polar surface area (TPSA) is 88.7 Å². The molecule has 0 radical (unpaired) electrons. The highest BCUT2D eigenvalue weighted by Crippen LogP contribution is 2.15. The number of rotatable bonds is 8. The summed E-state index contributed by atoms with van der Waals surface area (Å²) in [5.41, 5.74) is 7.78. The summed E-state index contributed by atoms with van der Waals surface area (Å²) in [7, 11) is 1.65. The van der Waals surface area contributed by atoms with Gasteiger partial charge in [-0.15, -0.1) is 24.0 Å². The van der Waals surface area contributed by atoms with E-state index < -0.39 is 0 Å². The van der Waals surface area contributed by atoms with Gasteiger partial charge in [0.15, 0.2) is 5.96 Å². The summed E-state index contributed by atoms with van der Waals surface area (Å²) < 4.78 is 5.14. The monoisotopic (exact) mass is 434 g/mol. The molecule has 0 aliphatic rings. The van der Waals surface area contributed by atoms with Gasteiger partial charge in [0.05, 0.1) is 6.61 Å². The van der Waals surface area contributed by atoms with Crippen molar-refractivity contribution in [3.63, 3.8) is 0 Å². The van der Waals surface area contributed by atoms with Gasteiger partial charge in [0.25, 0.3) is 0 Å². The third kappa shape index (κ3) is 8.75. The van der Waals surface area contributed by atoms with Crippen molar-refractivity contribution in [3.05, 3.63) is 29.8 Å². The predicted molar refractivity (Wildman–Crippen MR) is 105 cm³/mol. The molecule has 1 aromatic rings. The van der Waals surface area contributed by atoms with Gasteiger partial charge in [0.1, 0.15) is 0 Å². The van der Waals surface area contributed by atoms with Crippen LogP contribution in [0.1, 0.15) is 25.8 Å². The fourth-order valence-corrected chi connectivity index (χ4v) is 1.80. The van der Waals surface area contributed by atoms with Gasteiger partial charge in [-0.05, 0) is 12.5 Å². The molecule has 23 heavy (non-hydrogen) atoms. The van der Waals surface area contributed by atoms with Crippen molar-refractivity contribution in [1.29, 1.82) is 0 Å². The van der Waals surface area contributed by atoms with E-state index in [1.54, 1.807) is 7.11 Å². The van der Waals surface area contributed by atoms with Gasteiger partial charge in [-0.25, -0.2) is 0 Å². The molecule has 1 aromatic carbocycles. The molecule has 7 heteroatoms. The molecule has 1 amide bonds. The van der Waals surface area contributed by atoms with E-state index in [0.717, 1.165) is 17.7 Å². The maximum absolute atomic E-state index is 11.4. The first-order valence-electron chi connectivity index (χ1n) is 7.46. The van der Waals surface area contributed by atoms with Crippen LogP contribution in [-0.2, 0) is 16.1 Å². The molecule has 0 fully saturated rings. The van der Waals surface area contributed by atoms with Crippen molar-refractivity contribution < 1.29 is 9.53 Å². The Hall–Kier alpha value is -1.35. The van der Waals surface area contributed by atoms with Crippen molar-refractivity contribution in [2.75, 3.05) is 25.5 Å². The lowest BCUT2D eigenvalue weighted by Crippen LogP contribution is -2.29. The van der Waals surface area contributed by atoms with Gasteiger partial charge in [-0.3, -0.25) is 9.79 Å². The van der Waals surface area contributed by atoms with E-state index in [4.69, 9.17) is 10.5 Å². The molecule has 0 saturated heterocycles. The van der Waals surface area contributed by atoms with Crippen LogP contribution < -0.4 is 16.4 Å². The molecule has 0 aliphatic heterocycles. The molecule has 0 aromatic heterocycles. The maximum atomic E-state index is 11.4. The Bertz CT molecular complexity index is 507. The number of ether oxygens (including phenoxy) is 1. The number of nitrogens with two attached hydrogens (primary N) is 1. The molecule has 0 unspecified atom stereocenters. The van der Waals surface area contributed by atoms with Crippen LogP contribution in [0.15, 0.2) is 29.3 Å². The van der Waals surface area contributed by atoms with E-state index in [1.807, 2.05) is 38.1 Å². The molecular formula is C16H27IN4O2. The molecule has 0 aliphatic carbocycles. The number of hydrogen-bond acceptors (Lipinski definition) is 3. The summed E-state index contributed by atoms with van der Waals surface area (Å²) in [6, 6.07) is 7.78. The standard InChI is InChI=1S/C16H26N4O2.HI/c1-12(2)15(21)18-9-6-10-19-16(17)20-14-8-5-4-7-13(14)11-22-3;/h4-5,7-8,12H,6,9-11H2,1-3H3,(H,18,21)(H3,17,19,20);1H. The number of nitrogens with one attached hydrogen (secondary N) is 2. The highest BCUT2D eigenvalue weighted by atomic mass is 127. The molecule has 4 N–H and O–H groups in total. The Labute approximate surface area is 155 Å². The first kappa shape index (κ1) is 21.6. The molecule has 0 atom stereocenters. The SMILES string of the molecule is COCc1ccccc1NC(N)=NCCCNC(=O)C(C)C.I. The van der Waals surface area contributed by atoms with E-state index in [9.17, 15) is 4.79 Å². The Morgan fingerprint density at radius 1 is 1.35 bits per heavy atom. The highest BCUT2D eigenvalue weighted by molar-refractivity contribution is 14.0. The molecule has 0 bridgehead atoms. The largest absolute Gasteiger partial charge is 0.380 e. The van der Waals surface area contributed by atoms with Crippen LogP contribution in [0.2, 0.25) is 0 Å². The number of halogens is 1. The predicted octanol–water partition coefficient (Wildman–Crippen LogP) is 2.34. The number of methoxy groups -OCH3 is 1. The maximum Gasteiger partial charge on any atom is 0.222 e. The van der Waals surface area contributed by atoms with Crippen LogP contribution in [-0.4, -0.2) is 32.1 Å².